The van der Waals surface area contributed by atoms with Gasteiger partial charge in [0.05, 0.1) is 11.5 Å². The maximum Gasteiger partial charge on any atom is 0.248 e. The zero-order valence-corrected chi connectivity index (χ0v) is 9.74. The maximum absolute atomic E-state index is 10.6. The molecule has 0 saturated carbocycles. The number of hydrogen-bond acceptors (Lipinski definition) is 4. The summed E-state index contributed by atoms with van der Waals surface area (Å²) in [6.07, 6.45) is 0. The third kappa shape index (κ3) is 4.64. The Bertz CT molecular complexity index is 491. The summed E-state index contributed by atoms with van der Waals surface area (Å²) in [6, 6.07) is 5.84. The number of carbonyl (C=O) groups is 2. The molecule has 1 aliphatic rings. The smallest absolute Gasteiger partial charge is 0.248 e. The molecule has 1 saturated heterocycles. The summed E-state index contributed by atoms with van der Waals surface area (Å²) >= 11 is 0. The third-order valence-corrected chi connectivity index (χ3v) is 3.07. The molecular formula is C10H12N2O4S. The predicted molar refractivity (Wildman–Crippen MR) is 62.1 cm³/mol. The van der Waals surface area contributed by atoms with Gasteiger partial charge in [-0.2, -0.15) is 0 Å². The fraction of sp³-hybridized carbons (Fsp3) is 0.200. The van der Waals surface area contributed by atoms with E-state index in [4.69, 9.17) is 11.5 Å². The van der Waals surface area contributed by atoms with E-state index in [9.17, 15) is 18.0 Å². The molecule has 0 unspecified atom stereocenters. The van der Waals surface area contributed by atoms with Crippen molar-refractivity contribution in [3.8, 4) is 0 Å². The number of benzene rings is 1. The molecule has 1 aromatic rings. The number of nitrogens with two attached hydrogens (primary N) is 2. The lowest BCUT2D eigenvalue weighted by Crippen LogP contribution is -2.13. The lowest BCUT2D eigenvalue weighted by atomic mass is 10.1. The zero-order chi connectivity index (χ0) is 13.1. The molecule has 0 aliphatic carbocycles. The summed E-state index contributed by atoms with van der Waals surface area (Å²) in [5, 5.41) is 0. The van der Waals surface area contributed by atoms with E-state index >= 15 is 0 Å². The molecular weight excluding hydrogens is 244 g/mol. The average molecular weight is 256 g/mol. The third-order valence-electron chi connectivity index (χ3n) is 1.99. The number of rotatable bonds is 2. The van der Waals surface area contributed by atoms with Crippen LogP contribution in [-0.4, -0.2) is 31.7 Å². The second-order valence-electron chi connectivity index (χ2n) is 3.46. The van der Waals surface area contributed by atoms with Crippen LogP contribution in [0.4, 0.5) is 0 Å². The van der Waals surface area contributed by atoms with Crippen LogP contribution in [0.15, 0.2) is 24.3 Å². The van der Waals surface area contributed by atoms with Crippen LogP contribution in [-0.2, 0) is 9.84 Å². The van der Waals surface area contributed by atoms with Crippen LogP contribution in [0.2, 0.25) is 0 Å². The molecule has 2 rings (SSSR count). The summed E-state index contributed by atoms with van der Waals surface area (Å²) in [5.74, 6) is -0.197. The normalized spacial score (nSPS) is 15.3. The highest BCUT2D eigenvalue weighted by Crippen LogP contribution is 2.04. The highest BCUT2D eigenvalue weighted by atomic mass is 32.2. The first-order valence-electron chi connectivity index (χ1n) is 4.72. The van der Waals surface area contributed by atoms with Gasteiger partial charge in [0.25, 0.3) is 0 Å². The van der Waals surface area contributed by atoms with Crippen molar-refractivity contribution in [3.63, 3.8) is 0 Å². The minimum absolute atomic E-state index is 0.361. The van der Waals surface area contributed by atoms with Crippen molar-refractivity contribution in [2.75, 3.05) is 11.5 Å². The Morgan fingerprint density at radius 3 is 1.24 bits per heavy atom. The highest BCUT2D eigenvalue weighted by molar-refractivity contribution is 7.98. The van der Waals surface area contributed by atoms with E-state index in [0.29, 0.717) is 22.6 Å². The van der Waals surface area contributed by atoms with Crippen molar-refractivity contribution in [2.24, 2.45) is 11.5 Å². The second kappa shape index (κ2) is 4.96. The standard InChI is InChI=1S/C8H8N2O2.C2H4O2S/c9-7(11)5-1-2-6(4-3-5)8(10)12;3-5(4)1-2-5/h1-4H,(H2,9,11)(H2,10,12);1-2H2. The van der Waals surface area contributed by atoms with Crippen LogP contribution < -0.4 is 11.5 Å². The van der Waals surface area contributed by atoms with E-state index in [2.05, 4.69) is 0 Å². The lowest BCUT2D eigenvalue weighted by Gasteiger charge is -1.96. The first kappa shape index (κ1) is 13.2. The first-order valence-corrected chi connectivity index (χ1v) is 6.54. The van der Waals surface area contributed by atoms with Crippen LogP contribution in [0.5, 0.6) is 0 Å². The molecule has 0 aromatic heterocycles. The van der Waals surface area contributed by atoms with Crippen LogP contribution >= 0.6 is 0 Å². The fourth-order valence-corrected chi connectivity index (χ4v) is 1.41. The van der Waals surface area contributed by atoms with Crippen LogP contribution in [0.1, 0.15) is 20.7 Å². The molecule has 1 aromatic carbocycles. The van der Waals surface area contributed by atoms with E-state index in [1.165, 1.54) is 24.3 Å². The van der Waals surface area contributed by atoms with Gasteiger partial charge in [0.2, 0.25) is 11.8 Å². The minimum atomic E-state index is -2.42. The largest absolute Gasteiger partial charge is 0.366 e. The highest BCUT2D eigenvalue weighted by Gasteiger charge is 2.25. The molecule has 2 amide bonds. The molecule has 4 N–H and O–H groups in total. The molecule has 17 heavy (non-hydrogen) atoms. The molecule has 1 aliphatic heterocycles. The van der Waals surface area contributed by atoms with Gasteiger partial charge in [0.15, 0.2) is 9.84 Å². The van der Waals surface area contributed by atoms with Crippen LogP contribution in [0.25, 0.3) is 0 Å². The summed E-state index contributed by atoms with van der Waals surface area (Å²) in [6.45, 7) is 0. The van der Waals surface area contributed by atoms with Gasteiger partial charge in [0.1, 0.15) is 0 Å². The van der Waals surface area contributed by atoms with Gasteiger partial charge in [-0.05, 0) is 24.3 Å². The number of sulfone groups is 1. The number of carbonyl (C=O) groups excluding carboxylic acids is 2. The topological polar surface area (TPSA) is 120 Å². The van der Waals surface area contributed by atoms with Gasteiger partial charge in [-0.1, -0.05) is 0 Å². The van der Waals surface area contributed by atoms with E-state index in [1.807, 2.05) is 0 Å². The quantitative estimate of drug-likeness (QED) is 0.679. The van der Waals surface area contributed by atoms with Crippen LogP contribution in [0, 0.1) is 0 Å². The van der Waals surface area contributed by atoms with E-state index in [0.717, 1.165) is 0 Å². The van der Waals surface area contributed by atoms with Gasteiger partial charge >= 0.3 is 0 Å². The van der Waals surface area contributed by atoms with Crippen LogP contribution in [0.3, 0.4) is 0 Å². The molecule has 1 heterocycles. The first-order chi connectivity index (χ1) is 7.82. The Kier molecular flexibility index (Phi) is 3.84. The average Bonchev–Trinajstić information content (AvgIpc) is 2.95. The second-order valence-corrected chi connectivity index (χ2v) is 5.76. The molecule has 92 valence electrons. The van der Waals surface area contributed by atoms with Gasteiger partial charge in [0, 0.05) is 11.1 Å². The molecule has 0 bridgehead atoms. The van der Waals surface area contributed by atoms with E-state index in [-0.39, 0.29) is 0 Å². The van der Waals surface area contributed by atoms with E-state index < -0.39 is 21.7 Å². The van der Waals surface area contributed by atoms with Crippen molar-refractivity contribution in [2.45, 2.75) is 0 Å². The Morgan fingerprint density at radius 2 is 1.12 bits per heavy atom. The Labute approximate surface area is 98.5 Å². The number of primary amides is 2. The molecule has 7 heteroatoms. The fourth-order valence-electron chi connectivity index (χ4n) is 0.867. The van der Waals surface area contributed by atoms with E-state index in [1.54, 1.807) is 0 Å². The maximum atomic E-state index is 10.6. The van der Waals surface area contributed by atoms with Crippen molar-refractivity contribution in [1.29, 1.82) is 0 Å². The number of hydrogen-bond donors (Lipinski definition) is 2. The lowest BCUT2D eigenvalue weighted by molar-refractivity contribution is 0.0988. The van der Waals surface area contributed by atoms with Gasteiger partial charge in [-0.15, -0.1) is 0 Å². The SMILES string of the molecule is NC(=O)c1ccc(C(N)=O)cc1.O=S1(=O)CC1. The molecule has 0 spiro atoms. The minimum Gasteiger partial charge on any atom is -0.366 e. The van der Waals surface area contributed by atoms with Crippen molar-refractivity contribution in [3.05, 3.63) is 35.4 Å². The summed E-state index contributed by atoms with van der Waals surface area (Å²) in [7, 11) is -2.42. The molecule has 6 nitrogen and oxygen atoms in total. The van der Waals surface area contributed by atoms with Crippen molar-refractivity contribution < 1.29 is 18.0 Å². The monoisotopic (exact) mass is 256 g/mol. The van der Waals surface area contributed by atoms with Crippen molar-refractivity contribution >= 4 is 21.7 Å². The zero-order valence-electron chi connectivity index (χ0n) is 8.92. The Balaban J connectivity index is 0.000000239. The summed E-state index contributed by atoms with van der Waals surface area (Å²) in [4.78, 5) is 21.2. The molecule has 0 atom stereocenters. The van der Waals surface area contributed by atoms with Gasteiger partial charge < -0.3 is 11.5 Å². The Morgan fingerprint density at radius 1 is 0.882 bits per heavy atom. The summed E-state index contributed by atoms with van der Waals surface area (Å²) < 4.78 is 19.5. The van der Waals surface area contributed by atoms with Crippen molar-refractivity contribution in [1.82, 2.24) is 0 Å². The molecule has 1 fully saturated rings. The number of amides is 2. The summed E-state index contributed by atoms with van der Waals surface area (Å²) in [5.41, 5.74) is 10.7. The predicted octanol–water partition coefficient (Wildman–Crippen LogP) is -0.701. The van der Waals surface area contributed by atoms with Gasteiger partial charge in [-0.3, -0.25) is 9.59 Å². The Hall–Kier alpha value is -1.89. The molecule has 0 radical (unpaired) electrons. The van der Waals surface area contributed by atoms with Gasteiger partial charge in [-0.25, -0.2) is 8.42 Å².